The third kappa shape index (κ3) is 7.95. The van der Waals surface area contributed by atoms with Gasteiger partial charge in [-0.1, -0.05) is 60.7 Å². The Hall–Kier alpha value is -4.52. The molecule has 5 rings (SSSR count). The normalized spacial score (nSPS) is 12.2. The predicted octanol–water partition coefficient (Wildman–Crippen LogP) is 7.60. The van der Waals surface area contributed by atoms with Crippen LogP contribution in [0.1, 0.15) is 40.7 Å². The molecule has 252 valence electrons. The van der Waals surface area contributed by atoms with E-state index in [1.807, 2.05) is 48.2 Å². The number of aryl methyl sites for hydroxylation is 1. The minimum absolute atomic E-state index is 0.0307. The van der Waals surface area contributed by atoms with Gasteiger partial charge in [0.1, 0.15) is 11.6 Å². The van der Waals surface area contributed by atoms with Gasteiger partial charge in [-0.25, -0.2) is 12.8 Å². The smallest absolute Gasteiger partial charge is 0.449 e. The van der Waals surface area contributed by atoms with Crippen molar-refractivity contribution in [1.82, 2.24) is 4.90 Å². The quantitative estimate of drug-likeness (QED) is 0.107. The number of benzene rings is 4. The Morgan fingerprint density at radius 3 is 2.29 bits per heavy atom. The highest BCUT2D eigenvalue weighted by molar-refractivity contribution is 7.92. The molecule has 0 spiro atoms. The molecule has 0 aliphatic rings. The van der Waals surface area contributed by atoms with Gasteiger partial charge in [0.25, 0.3) is 0 Å². The van der Waals surface area contributed by atoms with Gasteiger partial charge in [0.2, 0.25) is 5.76 Å². The molecule has 0 bridgehead atoms. The number of hydrogen-bond donors (Lipinski definition) is 1. The molecule has 1 N–H and O–H groups in total. The van der Waals surface area contributed by atoms with Crippen LogP contribution in [-0.2, 0) is 51.8 Å². The molecule has 1 aromatic heterocycles. The lowest BCUT2D eigenvalue weighted by Crippen LogP contribution is -2.23. The molecular weight excluding hydrogens is 650 g/mol. The van der Waals surface area contributed by atoms with Crippen LogP contribution in [-0.4, -0.2) is 36.8 Å². The van der Waals surface area contributed by atoms with Gasteiger partial charge in [-0.2, -0.15) is 13.2 Å². The van der Waals surface area contributed by atoms with E-state index >= 15 is 4.39 Å². The third-order valence-electron chi connectivity index (χ3n) is 7.93. The summed E-state index contributed by atoms with van der Waals surface area (Å²) in [6.07, 6.45) is -4.61. The molecule has 0 unspecified atom stereocenters. The summed E-state index contributed by atoms with van der Waals surface area (Å²) in [5.41, 5.74) is 3.03. The molecule has 0 saturated carbocycles. The highest BCUT2D eigenvalue weighted by atomic mass is 32.2. The molecule has 0 atom stereocenters. The summed E-state index contributed by atoms with van der Waals surface area (Å²) in [6, 6.07) is 23.3. The molecule has 0 radical (unpaired) electrons. The predicted molar refractivity (Wildman–Crippen MR) is 172 cm³/mol. The van der Waals surface area contributed by atoms with E-state index in [9.17, 15) is 31.5 Å². The van der Waals surface area contributed by atoms with E-state index in [2.05, 4.69) is 0 Å². The van der Waals surface area contributed by atoms with E-state index in [1.54, 1.807) is 24.3 Å². The summed E-state index contributed by atoms with van der Waals surface area (Å²) in [4.78, 5) is 13.4. The van der Waals surface area contributed by atoms with E-state index in [1.165, 1.54) is 19.1 Å². The number of carbonyl (C=O) groups is 1. The van der Waals surface area contributed by atoms with Crippen molar-refractivity contribution in [2.45, 2.75) is 51.2 Å². The standard InChI is InChI=1S/C36H33F4NO6S/c1-3-46-35(43)22-48(44,45)33-17-27(16-32(37)31(33)21-42)25-12-9-24(10-13-25)18-41(19-28-14-15-34(47-28)36(38,39)40)20-30-23(2)8-11-26-6-4-5-7-29(26)30/h4-17,42H,3,18-22H2,1-2H3. The number of rotatable bonds is 12. The molecule has 0 aliphatic carbocycles. The van der Waals surface area contributed by atoms with Gasteiger partial charge in [-0.3, -0.25) is 9.69 Å². The number of hydrogen-bond acceptors (Lipinski definition) is 7. The fourth-order valence-corrected chi connectivity index (χ4v) is 6.98. The number of aliphatic hydroxyl groups is 1. The van der Waals surface area contributed by atoms with Crippen LogP contribution in [0.25, 0.3) is 21.9 Å². The molecule has 1 heterocycles. The van der Waals surface area contributed by atoms with Crippen molar-refractivity contribution in [2.75, 3.05) is 12.4 Å². The van der Waals surface area contributed by atoms with Crippen molar-refractivity contribution in [3.05, 3.63) is 125 Å². The summed E-state index contributed by atoms with van der Waals surface area (Å²) in [6.45, 7) is 3.36. The molecule has 12 heteroatoms. The van der Waals surface area contributed by atoms with Gasteiger partial charge in [-0.05, 0) is 76.7 Å². The lowest BCUT2D eigenvalue weighted by atomic mass is 9.98. The van der Waals surface area contributed by atoms with Crippen molar-refractivity contribution in [3.8, 4) is 11.1 Å². The van der Waals surface area contributed by atoms with Gasteiger partial charge < -0.3 is 14.3 Å². The van der Waals surface area contributed by atoms with E-state index in [0.717, 1.165) is 39.6 Å². The Kier molecular flexibility index (Phi) is 10.4. The Balaban J connectivity index is 1.46. The van der Waals surface area contributed by atoms with Crippen LogP contribution in [0.3, 0.4) is 0 Å². The van der Waals surface area contributed by atoms with Crippen LogP contribution >= 0.6 is 0 Å². The van der Waals surface area contributed by atoms with E-state index in [4.69, 9.17) is 9.15 Å². The first kappa shape index (κ1) is 34.8. The van der Waals surface area contributed by atoms with Crippen molar-refractivity contribution in [3.63, 3.8) is 0 Å². The Morgan fingerprint density at radius 2 is 1.62 bits per heavy atom. The van der Waals surface area contributed by atoms with E-state index in [-0.39, 0.29) is 24.5 Å². The highest BCUT2D eigenvalue weighted by Gasteiger charge is 2.35. The second kappa shape index (κ2) is 14.3. The van der Waals surface area contributed by atoms with Gasteiger partial charge in [-0.15, -0.1) is 0 Å². The maximum Gasteiger partial charge on any atom is 0.449 e. The van der Waals surface area contributed by atoms with E-state index in [0.29, 0.717) is 18.7 Å². The number of carbonyl (C=O) groups excluding carboxylic acids is 1. The van der Waals surface area contributed by atoms with Gasteiger partial charge in [0.05, 0.1) is 24.7 Å². The Morgan fingerprint density at radius 1 is 0.896 bits per heavy atom. The number of aliphatic hydroxyl groups excluding tert-OH is 1. The Labute approximate surface area is 275 Å². The Bertz CT molecular complexity index is 2040. The minimum Gasteiger partial charge on any atom is -0.465 e. The van der Waals surface area contributed by atoms with Crippen LogP contribution < -0.4 is 0 Å². The molecule has 0 amide bonds. The maximum absolute atomic E-state index is 15.1. The monoisotopic (exact) mass is 683 g/mol. The lowest BCUT2D eigenvalue weighted by Gasteiger charge is -2.24. The fourth-order valence-electron chi connectivity index (χ4n) is 5.59. The fraction of sp³-hybridized carbons (Fsp3) is 0.250. The third-order valence-corrected chi connectivity index (χ3v) is 9.58. The van der Waals surface area contributed by atoms with Crippen molar-refractivity contribution in [2.24, 2.45) is 0 Å². The van der Waals surface area contributed by atoms with Crippen LogP contribution in [0.4, 0.5) is 17.6 Å². The lowest BCUT2D eigenvalue weighted by molar-refractivity contribution is -0.153. The highest BCUT2D eigenvalue weighted by Crippen LogP contribution is 2.33. The SMILES string of the molecule is CCOC(=O)CS(=O)(=O)c1cc(-c2ccc(CN(Cc3ccc(C(F)(F)F)o3)Cc3c(C)ccc4ccccc34)cc2)cc(F)c1CO. The molecule has 0 fully saturated rings. The summed E-state index contributed by atoms with van der Waals surface area (Å²) in [5.74, 6) is -3.89. The number of esters is 1. The molecule has 48 heavy (non-hydrogen) atoms. The number of furan rings is 1. The second-order valence-electron chi connectivity index (χ2n) is 11.3. The first-order valence-corrected chi connectivity index (χ1v) is 16.7. The van der Waals surface area contributed by atoms with E-state index < -0.39 is 56.4 Å². The van der Waals surface area contributed by atoms with Crippen molar-refractivity contribution in [1.29, 1.82) is 0 Å². The number of alkyl halides is 3. The summed E-state index contributed by atoms with van der Waals surface area (Å²) in [7, 11) is -4.35. The zero-order chi connectivity index (χ0) is 34.6. The largest absolute Gasteiger partial charge is 0.465 e. The minimum atomic E-state index is -4.61. The molecule has 7 nitrogen and oxygen atoms in total. The van der Waals surface area contributed by atoms with Gasteiger partial charge in [0, 0.05) is 18.7 Å². The van der Waals surface area contributed by atoms with Crippen molar-refractivity contribution < 1.29 is 45.0 Å². The topological polar surface area (TPSA) is 97.1 Å². The number of halogens is 4. The maximum atomic E-state index is 15.1. The van der Waals surface area contributed by atoms with Crippen molar-refractivity contribution >= 4 is 26.6 Å². The average molecular weight is 684 g/mol. The summed E-state index contributed by atoms with van der Waals surface area (Å²) >= 11 is 0. The first-order valence-electron chi connectivity index (χ1n) is 15.1. The molecular formula is C36H33F4NO6S. The van der Waals surface area contributed by atoms with Crippen LogP contribution in [0, 0.1) is 12.7 Å². The molecule has 5 aromatic rings. The first-order chi connectivity index (χ1) is 22.8. The van der Waals surface area contributed by atoms with Gasteiger partial charge in [0.15, 0.2) is 15.6 Å². The zero-order valence-electron chi connectivity index (χ0n) is 26.2. The van der Waals surface area contributed by atoms with Gasteiger partial charge >= 0.3 is 12.1 Å². The number of ether oxygens (including phenoxy) is 1. The van der Waals surface area contributed by atoms with Crippen LogP contribution in [0.2, 0.25) is 0 Å². The molecule has 0 saturated heterocycles. The number of fused-ring (bicyclic) bond motifs is 1. The second-order valence-corrected chi connectivity index (χ2v) is 13.3. The summed E-state index contributed by atoms with van der Waals surface area (Å²) < 4.78 is 90.9. The average Bonchev–Trinajstić information content (AvgIpc) is 3.51. The number of sulfone groups is 1. The molecule has 4 aromatic carbocycles. The zero-order valence-corrected chi connectivity index (χ0v) is 27.0. The van der Waals surface area contributed by atoms with Crippen LogP contribution in [0.5, 0.6) is 0 Å². The van der Waals surface area contributed by atoms with Crippen LogP contribution in [0.15, 0.2) is 94.2 Å². The molecule has 0 aliphatic heterocycles. The summed E-state index contributed by atoms with van der Waals surface area (Å²) in [5, 5.41) is 11.8. The number of nitrogens with zero attached hydrogens (tertiary/aromatic N) is 1.